The number of rotatable bonds is 6. The van der Waals surface area contributed by atoms with Crippen LogP contribution in [0.1, 0.15) is 5.56 Å². The fourth-order valence-electron chi connectivity index (χ4n) is 3.19. The highest BCUT2D eigenvalue weighted by Crippen LogP contribution is 2.33. The van der Waals surface area contributed by atoms with E-state index in [1.54, 1.807) is 24.0 Å². The van der Waals surface area contributed by atoms with Crippen molar-refractivity contribution in [3.8, 4) is 34.5 Å². The molecule has 1 aromatic carbocycles. The predicted molar refractivity (Wildman–Crippen MR) is 107 cm³/mol. The van der Waals surface area contributed by atoms with Gasteiger partial charge in [0.2, 0.25) is 12.7 Å². The van der Waals surface area contributed by atoms with Gasteiger partial charge in [-0.3, -0.25) is 0 Å². The minimum absolute atomic E-state index is 0.228. The molecule has 4 aromatic rings. The van der Waals surface area contributed by atoms with Gasteiger partial charge in [0.05, 0.1) is 31.5 Å². The second kappa shape index (κ2) is 7.39. The average Bonchev–Trinajstić information content (AvgIpc) is 3.43. The molecular formula is C20H18N6O4. The largest absolute Gasteiger partial charge is 0.480 e. The summed E-state index contributed by atoms with van der Waals surface area (Å²) in [6, 6.07) is 7.94. The number of hydrogen-bond donors (Lipinski definition) is 1. The summed E-state index contributed by atoms with van der Waals surface area (Å²) in [5.41, 5.74) is 3.13. The quantitative estimate of drug-likeness (QED) is 0.517. The molecule has 3 aromatic heterocycles. The van der Waals surface area contributed by atoms with Crippen LogP contribution >= 0.6 is 0 Å². The van der Waals surface area contributed by atoms with Gasteiger partial charge >= 0.3 is 6.01 Å². The van der Waals surface area contributed by atoms with Crippen molar-refractivity contribution in [1.29, 1.82) is 0 Å². The molecule has 5 rings (SSSR count). The number of benzene rings is 1. The van der Waals surface area contributed by atoms with E-state index in [2.05, 4.69) is 20.4 Å². The SMILES string of the molecule is COc1ncc(-c2cnn3ccc(NCc4ccc5c(c4)OCO5)nc23)c(OC)n1. The average molecular weight is 406 g/mol. The molecule has 0 atom stereocenters. The van der Waals surface area contributed by atoms with Crippen LogP contribution in [0.4, 0.5) is 5.82 Å². The van der Waals surface area contributed by atoms with E-state index in [1.807, 2.05) is 30.5 Å². The van der Waals surface area contributed by atoms with E-state index >= 15 is 0 Å². The van der Waals surface area contributed by atoms with Crippen LogP contribution in [0, 0.1) is 0 Å². The molecule has 0 radical (unpaired) electrons. The standard InChI is InChI=1S/C20H18N6O4/c1-27-19-14(9-22-20(25-19)28-2)13-10-23-26-6-5-17(24-18(13)26)21-8-12-3-4-15-16(7-12)30-11-29-15/h3-7,9-10H,8,11H2,1-2H3,(H,21,24). The molecule has 0 aliphatic carbocycles. The summed E-state index contributed by atoms with van der Waals surface area (Å²) >= 11 is 0. The summed E-state index contributed by atoms with van der Waals surface area (Å²) in [6.07, 6.45) is 5.18. The van der Waals surface area contributed by atoms with E-state index in [-0.39, 0.29) is 12.8 Å². The van der Waals surface area contributed by atoms with Crippen molar-refractivity contribution in [2.75, 3.05) is 26.3 Å². The Morgan fingerprint density at radius 1 is 1.03 bits per heavy atom. The van der Waals surface area contributed by atoms with E-state index in [0.29, 0.717) is 29.5 Å². The van der Waals surface area contributed by atoms with Crippen molar-refractivity contribution in [3.05, 3.63) is 48.4 Å². The lowest BCUT2D eigenvalue weighted by Gasteiger charge is -2.09. The van der Waals surface area contributed by atoms with Crippen LogP contribution in [0.5, 0.6) is 23.4 Å². The van der Waals surface area contributed by atoms with E-state index in [9.17, 15) is 0 Å². The van der Waals surface area contributed by atoms with Crippen molar-refractivity contribution in [3.63, 3.8) is 0 Å². The lowest BCUT2D eigenvalue weighted by Crippen LogP contribution is -2.03. The lowest BCUT2D eigenvalue weighted by atomic mass is 10.2. The zero-order valence-electron chi connectivity index (χ0n) is 16.3. The first-order valence-corrected chi connectivity index (χ1v) is 9.17. The monoisotopic (exact) mass is 406 g/mol. The molecular weight excluding hydrogens is 388 g/mol. The lowest BCUT2D eigenvalue weighted by molar-refractivity contribution is 0.174. The molecule has 0 saturated carbocycles. The zero-order valence-corrected chi connectivity index (χ0v) is 16.3. The first-order valence-electron chi connectivity index (χ1n) is 9.17. The number of anilines is 1. The highest BCUT2D eigenvalue weighted by atomic mass is 16.7. The molecule has 0 saturated heterocycles. The molecule has 1 N–H and O–H groups in total. The van der Waals surface area contributed by atoms with Gasteiger partial charge in [0.15, 0.2) is 17.1 Å². The van der Waals surface area contributed by atoms with Crippen LogP contribution in [0.25, 0.3) is 16.8 Å². The third-order valence-electron chi connectivity index (χ3n) is 4.68. The van der Waals surface area contributed by atoms with E-state index in [0.717, 1.165) is 22.6 Å². The molecule has 0 bridgehead atoms. The number of aromatic nitrogens is 5. The maximum atomic E-state index is 5.43. The smallest absolute Gasteiger partial charge is 0.319 e. The van der Waals surface area contributed by atoms with E-state index < -0.39 is 0 Å². The maximum Gasteiger partial charge on any atom is 0.319 e. The van der Waals surface area contributed by atoms with Crippen LogP contribution in [-0.2, 0) is 6.54 Å². The Morgan fingerprint density at radius 2 is 1.93 bits per heavy atom. The third-order valence-corrected chi connectivity index (χ3v) is 4.68. The van der Waals surface area contributed by atoms with Gasteiger partial charge < -0.3 is 24.3 Å². The fourth-order valence-corrected chi connectivity index (χ4v) is 3.19. The van der Waals surface area contributed by atoms with Gasteiger partial charge in [0.1, 0.15) is 5.82 Å². The summed E-state index contributed by atoms with van der Waals surface area (Å²) in [4.78, 5) is 13.1. The second-order valence-electron chi connectivity index (χ2n) is 6.46. The van der Waals surface area contributed by atoms with Gasteiger partial charge in [-0.1, -0.05) is 6.07 Å². The number of methoxy groups -OCH3 is 2. The number of fused-ring (bicyclic) bond motifs is 2. The number of nitrogens with one attached hydrogen (secondary N) is 1. The number of nitrogens with zero attached hydrogens (tertiary/aromatic N) is 5. The summed E-state index contributed by atoms with van der Waals surface area (Å²) in [6.45, 7) is 0.839. The summed E-state index contributed by atoms with van der Waals surface area (Å²) in [7, 11) is 3.05. The normalized spacial score (nSPS) is 12.2. The van der Waals surface area contributed by atoms with Gasteiger partial charge in [-0.25, -0.2) is 14.5 Å². The topological polar surface area (TPSA) is 105 Å². The molecule has 0 amide bonds. The van der Waals surface area contributed by atoms with Gasteiger partial charge in [-0.05, 0) is 23.8 Å². The van der Waals surface area contributed by atoms with Crippen molar-refractivity contribution < 1.29 is 18.9 Å². The van der Waals surface area contributed by atoms with Crippen molar-refractivity contribution in [1.82, 2.24) is 24.6 Å². The first kappa shape index (κ1) is 18.0. The second-order valence-corrected chi connectivity index (χ2v) is 6.46. The molecule has 0 fully saturated rings. The van der Waals surface area contributed by atoms with Gasteiger partial charge in [-0.15, -0.1) is 0 Å². The van der Waals surface area contributed by atoms with E-state index in [1.165, 1.54) is 7.11 Å². The third kappa shape index (κ3) is 3.17. The minimum atomic E-state index is 0.228. The fraction of sp³-hybridized carbons (Fsp3) is 0.200. The van der Waals surface area contributed by atoms with Crippen molar-refractivity contribution in [2.24, 2.45) is 0 Å². The van der Waals surface area contributed by atoms with E-state index in [4.69, 9.17) is 23.9 Å². The molecule has 1 aliphatic rings. The van der Waals surface area contributed by atoms with Gasteiger partial charge in [0, 0.05) is 18.9 Å². The molecule has 1 aliphatic heterocycles. The number of ether oxygens (including phenoxy) is 4. The highest BCUT2D eigenvalue weighted by Gasteiger charge is 2.17. The Kier molecular flexibility index (Phi) is 4.43. The van der Waals surface area contributed by atoms with Crippen molar-refractivity contribution >= 4 is 11.5 Å². The molecule has 152 valence electrons. The van der Waals surface area contributed by atoms with Crippen LogP contribution in [0.2, 0.25) is 0 Å². The highest BCUT2D eigenvalue weighted by molar-refractivity contribution is 5.80. The molecule has 0 unspecified atom stereocenters. The maximum absolute atomic E-state index is 5.43. The Balaban J connectivity index is 1.43. The molecule has 10 nitrogen and oxygen atoms in total. The Morgan fingerprint density at radius 3 is 2.80 bits per heavy atom. The molecule has 0 spiro atoms. The van der Waals surface area contributed by atoms with Crippen molar-refractivity contribution in [2.45, 2.75) is 6.54 Å². The van der Waals surface area contributed by atoms with Gasteiger partial charge in [-0.2, -0.15) is 10.1 Å². The minimum Gasteiger partial charge on any atom is -0.480 e. The molecule has 4 heterocycles. The zero-order chi connectivity index (χ0) is 20.5. The Labute approximate surface area is 171 Å². The van der Waals surface area contributed by atoms with Crippen LogP contribution in [-0.4, -0.2) is 45.6 Å². The predicted octanol–water partition coefficient (Wildman–Crippen LogP) is 2.54. The Bertz CT molecular complexity index is 1230. The number of hydrogen-bond acceptors (Lipinski definition) is 9. The summed E-state index contributed by atoms with van der Waals surface area (Å²) < 4.78 is 22.9. The summed E-state index contributed by atoms with van der Waals surface area (Å²) in [5, 5.41) is 7.69. The van der Waals surface area contributed by atoms with Crippen LogP contribution in [0.3, 0.4) is 0 Å². The van der Waals surface area contributed by atoms with Crippen LogP contribution in [0.15, 0.2) is 42.9 Å². The Hall–Kier alpha value is -4.08. The first-order chi connectivity index (χ1) is 14.7. The summed E-state index contributed by atoms with van der Waals surface area (Å²) in [5.74, 6) is 2.60. The van der Waals surface area contributed by atoms with Gasteiger partial charge in [0.25, 0.3) is 0 Å². The molecule has 10 heteroatoms. The molecule has 30 heavy (non-hydrogen) atoms. The van der Waals surface area contributed by atoms with Crippen LogP contribution < -0.4 is 24.3 Å².